The summed E-state index contributed by atoms with van der Waals surface area (Å²) < 4.78 is 0. The lowest BCUT2D eigenvalue weighted by Crippen LogP contribution is -2.46. The number of likely N-dealkylation sites (N-methyl/N-ethyl adjacent to an activating group) is 1. The lowest BCUT2D eigenvalue weighted by Gasteiger charge is -2.37. The van der Waals surface area contributed by atoms with Crippen molar-refractivity contribution in [2.24, 2.45) is 0 Å². The van der Waals surface area contributed by atoms with Crippen molar-refractivity contribution >= 4 is 22.5 Å². The quantitative estimate of drug-likeness (QED) is 0.836. The molecule has 0 unspecified atom stereocenters. The van der Waals surface area contributed by atoms with Gasteiger partial charge in [0.05, 0.1) is 16.7 Å². The predicted octanol–water partition coefficient (Wildman–Crippen LogP) is 3.59. The van der Waals surface area contributed by atoms with Crippen LogP contribution in [0.25, 0.3) is 16.6 Å². The molecule has 1 N–H and O–H groups in total. The van der Waals surface area contributed by atoms with E-state index in [-0.39, 0.29) is 5.91 Å². The van der Waals surface area contributed by atoms with Crippen LogP contribution in [0.5, 0.6) is 0 Å². The first-order chi connectivity index (χ1) is 15.1. The molecule has 1 aromatic carbocycles. The Morgan fingerprint density at radius 3 is 2.68 bits per heavy atom. The average Bonchev–Trinajstić information content (AvgIpc) is 3.16. The van der Waals surface area contributed by atoms with Gasteiger partial charge in [-0.25, -0.2) is 4.98 Å². The Labute approximate surface area is 182 Å². The van der Waals surface area contributed by atoms with E-state index in [4.69, 9.17) is 0 Å². The zero-order chi connectivity index (χ0) is 21.4. The van der Waals surface area contributed by atoms with E-state index < -0.39 is 0 Å². The molecule has 0 radical (unpaired) electrons. The van der Waals surface area contributed by atoms with Crippen LogP contribution < -0.4 is 0 Å². The number of aromatic nitrogens is 2. The van der Waals surface area contributed by atoms with Gasteiger partial charge < -0.3 is 14.8 Å². The molecule has 0 spiro atoms. The summed E-state index contributed by atoms with van der Waals surface area (Å²) >= 11 is 0. The van der Waals surface area contributed by atoms with Crippen molar-refractivity contribution < 1.29 is 4.79 Å². The van der Waals surface area contributed by atoms with Gasteiger partial charge in [-0.05, 0) is 55.0 Å². The standard InChI is InChI=1S/C25H27N5O/c1-3-28-11-13-29(14-12-28)22-9-8-21-6-4-5-19(16-25(31)30(21)17-22)20-7-10-23-24(15-20)27-18(2)26-23/h4-10,15-17H,3,11-14H2,1-2H3,(H,26,27)/b5-4+,19-16+,21-6?. The molecule has 0 aliphatic carbocycles. The van der Waals surface area contributed by atoms with E-state index in [2.05, 4.69) is 38.8 Å². The molecule has 1 aromatic heterocycles. The van der Waals surface area contributed by atoms with E-state index in [1.165, 1.54) is 0 Å². The molecule has 1 saturated heterocycles. The highest BCUT2D eigenvalue weighted by atomic mass is 16.2. The number of aryl methyl sites for hydroxylation is 1. The van der Waals surface area contributed by atoms with Crippen molar-refractivity contribution in [2.75, 3.05) is 32.7 Å². The van der Waals surface area contributed by atoms with Crippen LogP contribution in [-0.4, -0.2) is 63.3 Å². The molecule has 4 heterocycles. The maximum absolute atomic E-state index is 13.2. The Balaban J connectivity index is 1.43. The van der Waals surface area contributed by atoms with Gasteiger partial charge in [0.25, 0.3) is 5.91 Å². The second kappa shape index (κ2) is 8.04. The fourth-order valence-corrected chi connectivity index (χ4v) is 4.33. The second-order valence-corrected chi connectivity index (χ2v) is 8.12. The molecule has 158 valence electrons. The number of carbonyl (C=O) groups is 1. The largest absolute Gasteiger partial charge is 0.368 e. The summed E-state index contributed by atoms with van der Waals surface area (Å²) in [6.45, 7) is 9.31. The molecular weight excluding hydrogens is 386 g/mol. The molecule has 1 fully saturated rings. The second-order valence-electron chi connectivity index (χ2n) is 8.12. The monoisotopic (exact) mass is 413 g/mol. The number of nitrogens with one attached hydrogen (secondary N) is 1. The summed E-state index contributed by atoms with van der Waals surface area (Å²) in [4.78, 5) is 27.5. The first-order valence-corrected chi connectivity index (χ1v) is 10.9. The van der Waals surface area contributed by atoms with Gasteiger partial charge in [-0.2, -0.15) is 0 Å². The first-order valence-electron chi connectivity index (χ1n) is 10.9. The normalized spacial score (nSPS) is 22.4. The Bertz CT molecular complexity index is 1170. The molecule has 3 aliphatic rings. The van der Waals surface area contributed by atoms with E-state index in [0.29, 0.717) is 0 Å². The van der Waals surface area contributed by atoms with Crippen LogP contribution in [-0.2, 0) is 4.79 Å². The number of fused-ring (bicyclic) bond motifs is 2. The van der Waals surface area contributed by atoms with Crippen LogP contribution in [0.2, 0.25) is 0 Å². The number of allylic oxidation sites excluding steroid dienone is 6. The number of rotatable bonds is 3. The van der Waals surface area contributed by atoms with Gasteiger partial charge in [-0.1, -0.05) is 25.1 Å². The summed E-state index contributed by atoms with van der Waals surface area (Å²) in [6.07, 6.45) is 13.8. The average molecular weight is 414 g/mol. The Hall–Kier alpha value is -3.38. The Morgan fingerprint density at radius 1 is 1.06 bits per heavy atom. The minimum absolute atomic E-state index is 0.0412. The number of hydrogen-bond donors (Lipinski definition) is 1. The maximum atomic E-state index is 13.2. The van der Waals surface area contributed by atoms with E-state index in [9.17, 15) is 4.79 Å². The van der Waals surface area contributed by atoms with E-state index in [0.717, 1.165) is 72.1 Å². The van der Waals surface area contributed by atoms with Gasteiger partial charge in [0.15, 0.2) is 0 Å². The van der Waals surface area contributed by atoms with E-state index >= 15 is 0 Å². The molecule has 1 amide bonds. The van der Waals surface area contributed by atoms with Gasteiger partial charge in [-0.15, -0.1) is 0 Å². The number of benzene rings is 1. The van der Waals surface area contributed by atoms with Crippen LogP contribution in [0.1, 0.15) is 18.3 Å². The zero-order valence-electron chi connectivity index (χ0n) is 18.0. The molecule has 3 aliphatic heterocycles. The molecule has 31 heavy (non-hydrogen) atoms. The van der Waals surface area contributed by atoms with Crippen molar-refractivity contribution in [1.82, 2.24) is 24.7 Å². The summed E-state index contributed by atoms with van der Waals surface area (Å²) in [5.74, 6) is 0.844. The summed E-state index contributed by atoms with van der Waals surface area (Å²) in [6, 6.07) is 6.06. The summed E-state index contributed by atoms with van der Waals surface area (Å²) in [7, 11) is 0. The lowest BCUT2D eigenvalue weighted by molar-refractivity contribution is -0.122. The molecule has 6 heteroatoms. The number of piperazine rings is 1. The number of hydrogen-bond acceptors (Lipinski definition) is 4. The van der Waals surface area contributed by atoms with Gasteiger partial charge in [-0.3, -0.25) is 9.69 Å². The SMILES string of the molecule is CCN1CCN(C2=CN3C(=O)/C=C(c4ccc5nc(C)[nH]c5c4)\C=C\C=C3C=C2)CC1. The molecule has 0 saturated carbocycles. The number of H-pyrrole nitrogens is 1. The van der Waals surface area contributed by atoms with Crippen LogP contribution in [0, 0.1) is 6.92 Å². The third kappa shape index (κ3) is 3.86. The molecule has 6 nitrogen and oxygen atoms in total. The molecule has 2 aromatic rings. The smallest absolute Gasteiger partial charge is 0.255 e. The highest BCUT2D eigenvalue weighted by molar-refractivity contribution is 6.00. The molecular formula is C25H27N5O. The third-order valence-corrected chi connectivity index (χ3v) is 6.14. The zero-order valence-corrected chi connectivity index (χ0v) is 18.0. The summed E-state index contributed by atoms with van der Waals surface area (Å²) in [5, 5.41) is 0. The number of aromatic amines is 1. The summed E-state index contributed by atoms with van der Waals surface area (Å²) in [5.41, 5.74) is 5.76. The van der Waals surface area contributed by atoms with Crippen molar-refractivity contribution in [3.05, 3.63) is 83.6 Å². The van der Waals surface area contributed by atoms with Crippen LogP contribution in [0.15, 0.2) is 72.2 Å². The predicted molar refractivity (Wildman–Crippen MR) is 124 cm³/mol. The number of nitrogens with zero attached hydrogens (tertiary/aromatic N) is 4. The lowest BCUT2D eigenvalue weighted by atomic mass is 10.0. The number of carbonyl (C=O) groups excluding carboxylic acids is 1. The van der Waals surface area contributed by atoms with Gasteiger partial charge in [0, 0.05) is 44.2 Å². The van der Waals surface area contributed by atoms with Gasteiger partial charge >= 0.3 is 0 Å². The fourth-order valence-electron chi connectivity index (χ4n) is 4.33. The van der Waals surface area contributed by atoms with Crippen molar-refractivity contribution in [2.45, 2.75) is 13.8 Å². The molecule has 0 atom stereocenters. The van der Waals surface area contributed by atoms with Crippen LogP contribution >= 0.6 is 0 Å². The number of imidazole rings is 1. The fraction of sp³-hybridized carbons (Fsp3) is 0.280. The third-order valence-electron chi connectivity index (χ3n) is 6.14. The van der Waals surface area contributed by atoms with Crippen LogP contribution in [0.4, 0.5) is 0 Å². The Kier molecular flexibility index (Phi) is 5.08. The molecule has 0 bridgehead atoms. The van der Waals surface area contributed by atoms with E-state index in [1.807, 2.05) is 49.6 Å². The maximum Gasteiger partial charge on any atom is 0.255 e. The van der Waals surface area contributed by atoms with Crippen molar-refractivity contribution in [1.29, 1.82) is 0 Å². The van der Waals surface area contributed by atoms with Gasteiger partial charge in [0.1, 0.15) is 5.82 Å². The van der Waals surface area contributed by atoms with Crippen LogP contribution in [0.3, 0.4) is 0 Å². The topological polar surface area (TPSA) is 55.5 Å². The highest BCUT2D eigenvalue weighted by Gasteiger charge is 2.23. The van der Waals surface area contributed by atoms with Crippen molar-refractivity contribution in [3.8, 4) is 0 Å². The van der Waals surface area contributed by atoms with Crippen molar-refractivity contribution in [3.63, 3.8) is 0 Å². The highest BCUT2D eigenvalue weighted by Crippen LogP contribution is 2.26. The van der Waals surface area contributed by atoms with Gasteiger partial charge in [0.2, 0.25) is 0 Å². The minimum Gasteiger partial charge on any atom is -0.368 e. The minimum atomic E-state index is -0.0412. The number of amides is 1. The first kappa shape index (κ1) is 19.6. The molecule has 5 rings (SSSR count). The van der Waals surface area contributed by atoms with E-state index in [1.54, 1.807) is 11.0 Å². The Morgan fingerprint density at radius 2 is 1.87 bits per heavy atom.